The summed E-state index contributed by atoms with van der Waals surface area (Å²) in [4.78, 5) is 56.7. The van der Waals surface area contributed by atoms with Gasteiger partial charge in [0.2, 0.25) is 5.91 Å². The molecule has 3 aliphatic rings. The van der Waals surface area contributed by atoms with Gasteiger partial charge in [0.1, 0.15) is 0 Å². The van der Waals surface area contributed by atoms with Crippen LogP contribution < -0.4 is 10.5 Å². The average Bonchev–Trinajstić information content (AvgIpc) is 3.78. The number of nitrogens with zero attached hydrogens (tertiary/aromatic N) is 3. The van der Waals surface area contributed by atoms with Gasteiger partial charge in [-0.05, 0) is 74.0 Å². The summed E-state index contributed by atoms with van der Waals surface area (Å²) in [6.45, 7) is 6.37. The lowest BCUT2D eigenvalue weighted by molar-refractivity contribution is -0.150. The number of nitrogens with one attached hydrogen (secondary N) is 1. The summed E-state index contributed by atoms with van der Waals surface area (Å²) in [5, 5.41) is 13.6. The van der Waals surface area contributed by atoms with Crippen LogP contribution in [0.2, 0.25) is 18.6 Å². The zero-order valence-corrected chi connectivity index (χ0v) is 29.2. The highest BCUT2D eigenvalue weighted by atomic mass is 79.9. The molecule has 0 saturated carbocycles. The largest absolute Gasteiger partial charge is 0.432 e. The molecule has 0 unspecified atom stereocenters. The van der Waals surface area contributed by atoms with Crippen molar-refractivity contribution in [2.75, 3.05) is 18.1 Å². The Morgan fingerprint density at radius 1 is 1.11 bits per heavy atom. The van der Waals surface area contributed by atoms with Gasteiger partial charge in [0.15, 0.2) is 13.9 Å². The fourth-order valence-electron chi connectivity index (χ4n) is 8.27. The summed E-state index contributed by atoms with van der Waals surface area (Å²) in [5.74, 6) is -0.778. The topological polar surface area (TPSA) is 128 Å². The standard InChI is InChI=1S/C35H39BrN4O6Si/c1-21-32(47(2,3)45)30(18-31(42)38-15-7-10-25(38)20-41)46-35(21)27-17-23(36)13-14-29(27)39(34(35)44)19-22-8-6-9-24(16-22)40-33(43)26-11-4-5-12-28(26)37-40/h4-6,8-9,11-14,16-17,21,25,30,32,37,41,45H,7,10,15,18-20H2,1-3H3/t21-,25+,30+,32-,35+/m1/s1. The van der Waals surface area contributed by atoms with Crippen molar-refractivity contribution in [1.82, 2.24) is 14.7 Å². The summed E-state index contributed by atoms with van der Waals surface area (Å²) in [7, 11) is -2.96. The van der Waals surface area contributed by atoms with Gasteiger partial charge in [0, 0.05) is 28.0 Å². The van der Waals surface area contributed by atoms with Gasteiger partial charge in [-0.1, -0.05) is 47.1 Å². The molecule has 7 rings (SSSR count). The average molecular weight is 720 g/mol. The van der Waals surface area contributed by atoms with E-state index in [2.05, 4.69) is 21.0 Å². The molecular weight excluding hydrogens is 680 g/mol. The zero-order valence-electron chi connectivity index (χ0n) is 26.6. The van der Waals surface area contributed by atoms with Crippen LogP contribution in [-0.4, -0.2) is 70.0 Å². The molecule has 3 aliphatic heterocycles. The first-order chi connectivity index (χ1) is 22.4. The second kappa shape index (κ2) is 11.8. The summed E-state index contributed by atoms with van der Waals surface area (Å²) < 4.78 is 9.17. The zero-order chi connectivity index (χ0) is 33.2. The number of carbonyl (C=O) groups excluding carboxylic acids is 2. The number of carbonyl (C=O) groups is 2. The van der Waals surface area contributed by atoms with Crippen molar-refractivity contribution in [2.45, 2.75) is 69.1 Å². The van der Waals surface area contributed by atoms with Crippen LogP contribution in [0.5, 0.6) is 0 Å². The SMILES string of the molecule is C[C@@H]1[C@@H]([Si](C)(C)O)[C@H](CC(=O)N2CCC[C@H]2CO)O[C@@]12C(=O)N(Cc1cccc(-n3[nH]c4ccccc4c3=O)c1)c1ccc(Br)cc12. The smallest absolute Gasteiger partial charge is 0.279 e. The number of hydrogen-bond acceptors (Lipinski definition) is 6. The van der Waals surface area contributed by atoms with Gasteiger partial charge in [-0.3, -0.25) is 19.5 Å². The minimum Gasteiger partial charge on any atom is -0.432 e. The monoisotopic (exact) mass is 718 g/mol. The van der Waals surface area contributed by atoms with Crippen LogP contribution >= 0.6 is 15.9 Å². The first-order valence-corrected chi connectivity index (χ1v) is 20.0. The van der Waals surface area contributed by atoms with Gasteiger partial charge in [0.25, 0.3) is 11.5 Å². The van der Waals surface area contributed by atoms with Crippen molar-refractivity contribution in [3.63, 3.8) is 0 Å². The van der Waals surface area contributed by atoms with E-state index >= 15 is 0 Å². The van der Waals surface area contributed by atoms with Crippen molar-refractivity contribution >= 4 is 52.7 Å². The molecule has 3 aromatic carbocycles. The molecule has 4 heterocycles. The normalized spacial score (nSPS) is 25.8. The molecule has 1 aromatic heterocycles. The number of aromatic amines is 1. The molecule has 5 atom stereocenters. The van der Waals surface area contributed by atoms with Crippen molar-refractivity contribution in [2.24, 2.45) is 5.92 Å². The van der Waals surface area contributed by atoms with E-state index in [9.17, 15) is 24.3 Å². The van der Waals surface area contributed by atoms with E-state index in [-0.39, 0.29) is 43.0 Å². The highest BCUT2D eigenvalue weighted by Crippen LogP contribution is 2.60. The first kappa shape index (κ1) is 32.0. The van der Waals surface area contributed by atoms with Gasteiger partial charge < -0.3 is 24.4 Å². The van der Waals surface area contributed by atoms with Gasteiger partial charge in [-0.2, -0.15) is 0 Å². The summed E-state index contributed by atoms with van der Waals surface area (Å²) in [6.07, 6.45) is 0.944. The number of benzene rings is 3. The quantitative estimate of drug-likeness (QED) is 0.236. The molecule has 10 nitrogen and oxygen atoms in total. The maximum absolute atomic E-state index is 14.8. The Morgan fingerprint density at radius 3 is 2.64 bits per heavy atom. The fourth-order valence-corrected chi connectivity index (χ4v) is 11.2. The predicted octanol–water partition coefficient (Wildman–Crippen LogP) is 4.80. The Hall–Kier alpha value is -3.55. The third-order valence-corrected chi connectivity index (χ3v) is 13.3. The van der Waals surface area contributed by atoms with Crippen LogP contribution in [0.1, 0.15) is 37.3 Å². The molecule has 1 spiro atoms. The molecular formula is C35H39BrN4O6Si. The molecule has 12 heteroatoms. The molecule has 2 amide bonds. The molecule has 246 valence electrons. The van der Waals surface area contributed by atoms with E-state index in [0.717, 1.165) is 28.4 Å². The molecule has 47 heavy (non-hydrogen) atoms. The molecule has 0 radical (unpaired) electrons. The van der Waals surface area contributed by atoms with Crippen LogP contribution in [0.15, 0.2) is 76.0 Å². The molecule has 0 aliphatic carbocycles. The van der Waals surface area contributed by atoms with Crippen molar-refractivity contribution in [3.05, 3.63) is 92.7 Å². The second-order valence-corrected chi connectivity index (χ2v) is 18.5. The second-order valence-electron chi connectivity index (χ2n) is 13.7. The lowest BCUT2D eigenvalue weighted by atomic mass is 9.82. The molecule has 0 bridgehead atoms. The number of amides is 2. The maximum atomic E-state index is 14.8. The molecule has 2 fully saturated rings. The molecule has 4 aromatic rings. The van der Waals surface area contributed by atoms with E-state index in [0.29, 0.717) is 28.9 Å². The van der Waals surface area contributed by atoms with Crippen molar-refractivity contribution < 1.29 is 24.2 Å². The lowest BCUT2D eigenvalue weighted by Gasteiger charge is -2.32. The highest BCUT2D eigenvalue weighted by Gasteiger charge is 2.66. The Bertz CT molecular complexity index is 1940. The summed E-state index contributed by atoms with van der Waals surface area (Å²) in [6, 6.07) is 20.4. The Balaban J connectivity index is 1.24. The van der Waals surface area contributed by atoms with Crippen molar-refractivity contribution in [3.8, 4) is 5.69 Å². The van der Waals surface area contributed by atoms with Gasteiger partial charge >= 0.3 is 0 Å². The van der Waals surface area contributed by atoms with Crippen molar-refractivity contribution in [1.29, 1.82) is 0 Å². The lowest BCUT2D eigenvalue weighted by Crippen LogP contribution is -2.46. The van der Waals surface area contributed by atoms with Crippen LogP contribution in [-0.2, 0) is 26.5 Å². The molecule has 2 saturated heterocycles. The van der Waals surface area contributed by atoms with Gasteiger partial charge in [-0.25, -0.2) is 4.68 Å². The number of fused-ring (bicyclic) bond motifs is 3. The van der Waals surface area contributed by atoms with Gasteiger partial charge in [-0.15, -0.1) is 0 Å². The number of hydrogen-bond donors (Lipinski definition) is 3. The number of aliphatic hydroxyl groups is 1. The number of aromatic nitrogens is 2. The predicted molar refractivity (Wildman–Crippen MR) is 185 cm³/mol. The maximum Gasteiger partial charge on any atom is 0.279 e. The summed E-state index contributed by atoms with van der Waals surface area (Å²) in [5.41, 5.74) is 1.69. The van der Waals surface area contributed by atoms with E-state index in [1.807, 2.05) is 80.7 Å². The Morgan fingerprint density at radius 2 is 1.89 bits per heavy atom. The number of aliphatic hydroxyl groups excluding tert-OH is 1. The van der Waals surface area contributed by atoms with E-state index in [1.165, 1.54) is 4.68 Å². The minimum atomic E-state index is -2.96. The van der Waals surface area contributed by atoms with E-state index < -0.39 is 31.5 Å². The van der Waals surface area contributed by atoms with Crippen LogP contribution in [0.25, 0.3) is 16.6 Å². The fraction of sp³-hybridized carbons (Fsp3) is 0.400. The van der Waals surface area contributed by atoms with E-state index in [4.69, 9.17) is 4.74 Å². The van der Waals surface area contributed by atoms with E-state index in [1.54, 1.807) is 15.9 Å². The first-order valence-electron chi connectivity index (χ1n) is 16.2. The number of ether oxygens (including phenoxy) is 1. The van der Waals surface area contributed by atoms with Crippen LogP contribution in [0, 0.1) is 5.92 Å². The number of anilines is 1. The van der Waals surface area contributed by atoms with Crippen LogP contribution in [0.3, 0.4) is 0 Å². The third kappa shape index (κ3) is 5.21. The number of halogens is 1. The number of H-pyrrole nitrogens is 1. The Labute approximate surface area is 282 Å². The number of para-hydroxylation sites is 1. The van der Waals surface area contributed by atoms with Crippen LogP contribution in [0.4, 0.5) is 5.69 Å². The summed E-state index contributed by atoms with van der Waals surface area (Å²) >= 11 is 3.60. The molecule has 3 N–H and O–H groups in total. The number of likely N-dealkylation sites (tertiary alicyclic amines) is 1. The third-order valence-electron chi connectivity index (χ3n) is 10.3. The Kier molecular flexibility index (Phi) is 8.07. The van der Waals surface area contributed by atoms with Gasteiger partial charge in [0.05, 0.1) is 54.0 Å². The minimum absolute atomic E-state index is 0.0299. The number of rotatable bonds is 7. The highest BCUT2D eigenvalue weighted by molar-refractivity contribution is 9.10.